The highest BCUT2D eigenvalue weighted by Gasteiger charge is 2.30. The van der Waals surface area contributed by atoms with Gasteiger partial charge in [-0.15, -0.1) is 0 Å². The van der Waals surface area contributed by atoms with Crippen molar-refractivity contribution in [2.45, 2.75) is 90.9 Å². The van der Waals surface area contributed by atoms with Crippen molar-refractivity contribution in [2.75, 3.05) is 20.6 Å². The first kappa shape index (κ1) is 24.1. The number of hydrogen-bond donors (Lipinski definition) is 2. The zero-order valence-corrected chi connectivity index (χ0v) is 18.5. The van der Waals surface area contributed by atoms with E-state index in [0.29, 0.717) is 18.9 Å². The van der Waals surface area contributed by atoms with Gasteiger partial charge in [0.1, 0.15) is 6.10 Å². The Bertz CT molecular complexity index is 511. The summed E-state index contributed by atoms with van der Waals surface area (Å²) in [5, 5.41) is 21.2. The Kier molecular flexibility index (Phi) is 10.6. The van der Waals surface area contributed by atoms with Crippen LogP contribution < -0.4 is 0 Å². The summed E-state index contributed by atoms with van der Waals surface area (Å²) in [5.74, 6) is 1.46. The molecule has 1 heterocycles. The van der Waals surface area contributed by atoms with Crippen LogP contribution in [-0.4, -0.2) is 57.0 Å². The first-order valence-electron chi connectivity index (χ1n) is 10.7. The minimum Gasteiger partial charge on any atom is -0.388 e. The molecule has 3 unspecified atom stereocenters. The van der Waals surface area contributed by atoms with E-state index in [1.807, 2.05) is 24.9 Å². The Balaban J connectivity index is 2.35. The number of aliphatic hydroxyl groups excluding tert-OH is 1. The summed E-state index contributed by atoms with van der Waals surface area (Å²) in [7, 11) is 4.09. The fourth-order valence-electron chi connectivity index (χ4n) is 3.36. The summed E-state index contributed by atoms with van der Waals surface area (Å²) in [6.07, 6.45) is 10.4. The molecular weight excluding hydrogens is 338 g/mol. The second kappa shape index (κ2) is 11.8. The van der Waals surface area contributed by atoms with Gasteiger partial charge in [0, 0.05) is 19.2 Å². The zero-order valence-electron chi connectivity index (χ0n) is 18.5. The van der Waals surface area contributed by atoms with E-state index in [4.69, 9.17) is 0 Å². The van der Waals surface area contributed by atoms with Gasteiger partial charge < -0.3 is 19.7 Å². The Morgan fingerprint density at radius 1 is 1.15 bits per heavy atom. The van der Waals surface area contributed by atoms with Gasteiger partial charge in [-0.2, -0.15) is 0 Å². The average Bonchev–Trinajstić information content (AvgIpc) is 2.99. The van der Waals surface area contributed by atoms with Crippen LogP contribution in [0.5, 0.6) is 0 Å². The molecule has 27 heavy (non-hydrogen) atoms. The minimum atomic E-state index is -1.06. The highest BCUT2D eigenvalue weighted by molar-refractivity contribution is 4.98. The fraction of sp³-hybridized carbons (Fsp3) is 0.864. The lowest BCUT2D eigenvalue weighted by atomic mass is 9.89. The smallest absolute Gasteiger partial charge is 0.100 e. The van der Waals surface area contributed by atoms with E-state index in [9.17, 15) is 10.2 Å². The number of imidazole rings is 1. The van der Waals surface area contributed by atoms with Crippen molar-refractivity contribution in [3.05, 3.63) is 18.2 Å². The molecule has 1 rings (SSSR count). The van der Waals surface area contributed by atoms with Crippen LogP contribution in [0, 0.1) is 11.8 Å². The van der Waals surface area contributed by atoms with Crippen LogP contribution in [0.15, 0.2) is 12.5 Å². The van der Waals surface area contributed by atoms with Crippen LogP contribution in [0.3, 0.4) is 0 Å². The van der Waals surface area contributed by atoms with E-state index in [2.05, 4.69) is 30.7 Å². The monoisotopic (exact) mass is 381 g/mol. The molecule has 0 spiro atoms. The molecular formula is C22H43N3O2. The molecule has 0 aliphatic rings. The fourth-order valence-corrected chi connectivity index (χ4v) is 3.36. The van der Waals surface area contributed by atoms with E-state index in [-0.39, 0.29) is 0 Å². The number of hydrogen-bond acceptors (Lipinski definition) is 4. The van der Waals surface area contributed by atoms with Gasteiger partial charge in [0.25, 0.3) is 0 Å². The average molecular weight is 382 g/mol. The Hall–Kier alpha value is -0.910. The normalized spacial score (nSPS) is 16.7. The lowest BCUT2D eigenvalue weighted by molar-refractivity contribution is -0.0752. The van der Waals surface area contributed by atoms with Crippen LogP contribution >= 0.6 is 0 Å². The third-order valence-electron chi connectivity index (χ3n) is 5.46. The summed E-state index contributed by atoms with van der Waals surface area (Å²) in [6.45, 7) is 9.93. The second-order valence-electron chi connectivity index (χ2n) is 9.31. The van der Waals surface area contributed by atoms with Gasteiger partial charge in [-0.25, -0.2) is 4.98 Å². The largest absolute Gasteiger partial charge is 0.388 e. The molecule has 5 nitrogen and oxygen atoms in total. The summed E-state index contributed by atoms with van der Waals surface area (Å²) >= 11 is 0. The molecule has 1 aromatic heterocycles. The van der Waals surface area contributed by atoms with E-state index in [1.165, 1.54) is 19.3 Å². The first-order valence-corrected chi connectivity index (χ1v) is 10.7. The van der Waals surface area contributed by atoms with Crippen LogP contribution in [0.25, 0.3) is 0 Å². The number of nitrogens with zero attached hydrogens (tertiary/aromatic N) is 3. The van der Waals surface area contributed by atoms with Gasteiger partial charge in [-0.05, 0) is 39.3 Å². The van der Waals surface area contributed by atoms with Crippen molar-refractivity contribution < 1.29 is 10.2 Å². The maximum absolute atomic E-state index is 10.7. The Morgan fingerprint density at radius 3 is 2.44 bits per heavy atom. The van der Waals surface area contributed by atoms with Gasteiger partial charge in [0.05, 0.1) is 24.2 Å². The minimum absolute atomic E-state index is 0.381. The molecule has 1 aromatic rings. The molecule has 0 aliphatic carbocycles. The molecule has 158 valence electrons. The number of aliphatic hydroxyl groups is 2. The van der Waals surface area contributed by atoms with Gasteiger partial charge >= 0.3 is 0 Å². The van der Waals surface area contributed by atoms with E-state index in [0.717, 1.165) is 37.4 Å². The predicted molar refractivity (Wildman–Crippen MR) is 113 cm³/mol. The van der Waals surface area contributed by atoms with Crippen molar-refractivity contribution in [1.82, 2.24) is 14.5 Å². The van der Waals surface area contributed by atoms with Crippen molar-refractivity contribution in [2.24, 2.45) is 11.8 Å². The van der Waals surface area contributed by atoms with Crippen molar-refractivity contribution in [3.63, 3.8) is 0 Å². The molecule has 0 saturated heterocycles. The van der Waals surface area contributed by atoms with Crippen LogP contribution in [0.1, 0.15) is 71.9 Å². The maximum atomic E-state index is 10.7. The molecule has 0 saturated carbocycles. The van der Waals surface area contributed by atoms with Crippen LogP contribution in [0.2, 0.25) is 0 Å². The SMILES string of the molecule is CC(C)CCCC(C)CCCC(C)(O)C(O)Cn1cnc(CCN(C)C)c1. The Morgan fingerprint density at radius 2 is 1.81 bits per heavy atom. The molecule has 3 atom stereocenters. The first-order chi connectivity index (χ1) is 12.6. The highest BCUT2D eigenvalue weighted by Crippen LogP contribution is 2.23. The van der Waals surface area contributed by atoms with Gasteiger partial charge in [-0.1, -0.05) is 52.9 Å². The van der Waals surface area contributed by atoms with E-state index in [1.54, 1.807) is 13.3 Å². The quantitative estimate of drug-likeness (QED) is 0.515. The highest BCUT2D eigenvalue weighted by atomic mass is 16.3. The topological polar surface area (TPSA) is 61.5 Å². The molecule has 5 heteroatoms. The molecule has 0 aromatic carbocycles. The summed E-state index contributed by atoms with van der Waals surface area (Å²) in [4.78, 5) is 6.52. The summed E-state index contributed by atoms with van der Waals surface area (Å²) < 4.78 is 1.89. The Labute approximate surface area is 166 Å². The third kappa shape index (κ3) is 10.3. The van der Waals surface area contributed by atoms with E-state index < -0.39 is 11.7 Å². The molecule has 0 amide bonds. The lowest BCUT2D eigenvalue weighted by Gasteiger charge is -2.29. The maximum Gasteiger partial charge on any atom is 0.100 e. The van der Waals surface area contributed by atoms with Gasteiger partial charge in [0.2, 0.25) is 0 Å². The molecule has 0 aliphatic heterocycles. The molecule has 0 fully saturated rings. The van der Waals surface area contributed by atoms with Crippen molar-refractivity contribution >= 4 is 0 Å². The van der Waals surface area contributed by atoms with Crippen LogP contribution in [0.4, 0.5) is 0 Å². The molecule has 0 bridgehead atoms. The summed E-state index contributed by atoms with van der Waals surface area (Å²) in [5.41, 5.74) is -0.0445. The molecule has 2 N–H and O–H groups in total. The van der Waals surface area contributed by atoms with Gasteiger partial charge in [-0.3, -0.25) is 0 Å². The molecule has 0 radical (unpaired) electrons. The third-order valence-corrected chi connectivity index (χ3v) is 5.46. The van der Waals surface area contributed by atoms with Crippen LogP contribution in [-0.2, 0) is 13.0 Å². The standard InChI is InChI=1S/C22H43N3O2/c1-18(2)9-7-10-19(3)11-8-13-22(4,27)21(26)16-25-15-20(23-17-25)12-14-24(5)6/h15,17-19,21,26-27H,7-14,16H2,1-6H3. The zero-order chi connectivity index (χ0) is 20.4. The van der Waals surface area contributed by atoms with Gasteiger partial charge in [0.15, 0.2) is 0 Å². The predicted octanol–water partition coefficient (Wildman–Crippen LogP) is 3.73. The van der Waals surface area contributed by atoms with Crippen molar-refractivity contribution in [3.8, 4) is 0 Å². The number of rotatable bonds is 14. The van der Waals surface area contributed by atoms with E-state index >= 15 is 0 Å². The lowest BCUT2D eigenvalue weighted by Crippen LogP contribution is -2.41. The number of likely N-dealkylation sites (N-methyl/N-ethyl adjacent to an activating group) is 1. The van der Waals surface area contributed by atoms with Crippen molar-refractivity contribution in [1.29, 1.82) is 0 Å². The summed E-state index contributed by atoms with van der Waals surface area (Å²) in [6, 6.07) is 0. The second-order valence-corrected chi connectivity index (χ2v) is 9.31. The number of aromatic nitrogens is 2.